The largest absolute Gasteiger partial charge is 0.296 e. The number of alkyl halides is 2. The molecule has 2 spiro atoms. The van der Waals surface area contributed by atoms with Gasteiger partial charge in [-0.15, -0.1) is 0 Å². The molecule has 0 unspecified atom stereocenters. The molecular weight excluding hydrogens is 208 g/mol. The SMILES string of the molecule is CC[C@]12C[C@@]3(CN1CCC21CC1)CC3(F)F. The van der Waals surface area contributed by atoms with E-state index < -0.39 is 11.3 Å². The highest BCUT2D eigenvalue weighted by Gasteiger charge is 2.81. The van der Waals surface area contributed by atoms with Crippen molar-refractivity contribution in [3.8, 4) is 0 Å². The van der Waals surface area contributed by atoms with Crippen LogP contribution in [0.15, 0.2) is 0 Å². The Bertz CT molecular complexity index is 363. The van der Waals surface area contributed by atoms with E-state index >= 15 is 0 Å². The Morgan fingerprint density at radius 2 is 1.75 bits per heavy atom. The highest BCUT2D eigenvalue weighted by molar-refractivity contribution is 5.29. The zero-order valence-electron chi connectivity index (χ0n) is 9.86. The average molecular weight is 227 g/mol. The molecular formula is C13H19F2N. The van der Waals surface area contributed by atoms with E-state index in [2.05, 4.69) is 11.8 Å². The minimum Gasteiger partial charge on any atom is -0.296 e. The second-order valence-corrected chi connectivity index (χ2v) is 6.68. The number of hydrogen-bond donors (Lipinski definition) is 0. The van der Waals surface area contributed by atoms with Crippen molar-refractivity contribution >= 4 is 0 Å². The molecule has 2 heterocycles. The van der Waals surface area contributed by atoms with Gasteiger partial charge in [0, 0.05) is 18.5 Å². The Morgan fingerprint density at radius 3 is 2.25 bits per heavy atom. The fourth-order valence-corrected chi connectivity index (χ4v) is 4.98. The van der Waals surface area contributed by atoms with Crippen LogP contribution in [-0.4, -0.2) is 29.5 Å². The van der Waals surface area contributed by atoms with E-state index in [1.54, 1.807) is 0 Å². The predicted octanol–water partition coefficient (Wildman–Crippen LogP) is 3.05. The number of nitrogens with zero attached hydrogens (tertiary/aromatic N) is 1. The highest BCUT2D eigenvalue weighted by atomic mass is 19.3. The molecule has 2 saturated heterocycles. The summed E-state index contributed by atoms with van der Waals surface area (Å²) in [5.41, 5.74) is -0.00410. The van der Waals surface area contributed by atoms with Gasteiger partial charge in [0.05, 0.1) is 5.41 Å². The van der Waals surface area contributed by atoms with E-state index in [-0.39, 0.29) is 12.0 Å². The molecule has 2 atom stereocenters. The maximum atomic E-state index is 13.6. The molecule has 3 heteroatoms. The standard InChI is InChI=1S/C13H19F2N/c1-2-12-7-11(8-13(11,14)15)9-16(12)6-5-10(12)3-4-10/h2-9H2,1H3/t11-,12+/m0/s1. The van der Waals surface area contributed by atoms with Crippen LogP contribution in [0.25, 0.3) is 0 Å². The van der Waals surface area contributed by atoms with Crippen molar-refractivity contribution in [1.82, 2.24) is 4.90 Å². The normalized spacial score (nSPS) is 51.2. The lowest BCUT2D eigenvalue weighted by Gasteiger charge is -2.37. The van der Waals surface area contributed by atoms with E-state index in [1.165, 1.54) is 19.3 Å². The van der Waals surface area contributed by atoms with Crippen LogP contribution in [0.4, 0.5) is 8.78 Å². The molecule has 2 aliphatic carbocycles. The van der Waals surface area contributed by atoms with E-state index in [0.717, 1.165) is 19.4 Å². The van der Waals surface area contributed by atoms with Crippen LogP contribution < -0.4 is 0 Å². The van der Waals surface area contributed by atoms with Gasteiger partial charge in [0.1, 0.15) is 0 Å². The topological polar surface area (TPSA) is 3.24 Å². The first kappa shape index (κ1) is 9.81. The van der Waals surface area contributed by atoms with Gasteiger partial charge < -0.3 is 0 Å². The molecule has 4 rings (SSSR count). The molecule has 16 heavy (non-hydrogen) atoms. The van der Waals surface area contributed by atoms with Gasteiger partial charge in [-0.2, -0.15) is 0 Å². The Kier molecular flexibility index (Phi) is 1.43. The zero-order valence-corrected chi connectivity index (χ0v) is 9.86. The molecule has 0 aromatic heterocycles. The Balaban J connectivity index is 1.73. The molecule has 2 saturated carbocycles. The second-order valence-electron chi connectivity index (χ2n) is 6.68. The van der Waals surface area contributed by atoms with Gasteiger partial charge >= 0.3 is 0 Å². The fraction of sp³-hybridized carbons (Fsp3) is 1.00. The summed E-state index contributed by atoms with van der Waals surface area (Å²) >= 11 is 0. The van der Waals surface area contributed by atoms with Crippen molar-refractivity contribution in [3.05, 3.63) is 0 Å². The van der Waals surface area contributed by atoms with Gasteiger partial charge in [-0.25, -0.2) is 8.78 Å². The first-order chi connectivity index (χ1) is 7.49. The molecule has 0 aromatic carbocycles. The van der Waals surface area contributed by atoms with Crippen molar-refractivity contribution < 1.29 is 8.78 Å². The number of rotatable bonds is 1. The summed E-state index contributed by atoms with van der Waals surface area (Å²) in [6, 6.07) is 0. The molecule has 0 radical (unpaired) electrons. The molecule has 4 fully saturated rings. The van der Waals surface area contributed by atoms with Crippen LogP contribution in [0, 0.1) is 10.8 Å². The summed E-state index contributed by atoms with van der Waals surface area (Å²) in [6.45, 7) is 3.96. The van der Waals surface area contributed by atoms with Crippen LogP contribution in [-0.2, 0) is 0 Å². The smallest absolute Gasteiger partial charge is 0.255 e. The van der Waals surface area contributed by atoms with Crippen LogP contribution in [0.3, 0.4) is 0 Å². The first-order valence-electron chi connectivity index (χ1n) is 6.62. The highest BCUT2D eigenvalue weighted by Crippen LogP contribution is 2.76. The lowest BCUT2D eigenvalue weighted by atomic mass is 9.75. The van der Waals surface area contributed by atoms with Crippen molar-refractivity contribution in [2.24, 2.45) is 10.8 Å². The lowest BCUT2D eigenvalue weighted by Crippen LogP contribution is -2.43. The summed E-state index contributed by atoms with van der Waals surface area (Å²) in [5.74, 6) is -2.35. The molecule has 2 aliphatic heterocycles. The van der Waals surface area contributed by atoms with Gasteiger partial charge in [-0.1, -0.05) is 6.92 Å². The third-order valence-electron chi connectivity index (χ3n) is 6.23. The van der Waals surface area contributed by atoms with Gasteiger partial charge in [-0.3, -0.25) is 4.90 Å². The van der Waals surface area contributed by atoms with E-state index in [0.29, 0.717) is 12.0 Å². The molecule has 90 valence electrons. The Labute approximate surface area is 95.2 Å². The minimum atomic E-state index is -2.35. The summed E-state index contributed by atoms with van der Waals surface area (Å²) in [6.07, 6.45) is 5.86. The molecule has 0 bridgehead atoms. The Hall–Kier alpha value is -0.180. The summed E-state index contributed by atoms with van der Waals surface area (Å²) in [4.78, 5) is 2.43. The molecule has 1 nitrogen and oxygen atoms in total. The third-order valence-corrected chi connectivity index (χ3v) is 6.23. The summed E-state index contributed by atoms with van der Waals surface area (Å²) < 4.78 is 27.1. The van der Waals surface area contributed by atoms with Crippen molar-refractivity contribution in [3.63, 3.8) is 0 Å². The van der Waals surface area contributed by atoms with Crippen LogP contribution in [0.5, 0.6) is 0 Å². The van der Waals surface area contributed by atoms with Gasteiger partial charge in [-0.05, 0) is 44.1 Å². The van der Waals surface area contributed by atoms with Crippen LogP contribution >= 0.6 is 0 Å². The predicted molar refractivity (Wildman–Crippen MR) is 57.5 cm³/mol. The number of hydrogen-bond acceptors (Lipinski definition) is 1. The number of halogens is 2. The molecule has 4 aliphatic rings. The van der Waals surface area contributed by atoms with E-state index in [1.807, 2.05) is 0 Å². The first-order valence-corrected chi connectivity index (χ1v) is 6.62. The second kappa shape index (κ2) is 2.33. The van der Waals surface area contributed by atoms with Gasteiger partial charge in [0.2, 0.25) is 0 Å². The molecule has 0 N–H and O–H groups in total. The summed E-state index contributed by atoms with van der Waals surface area (Å²) in [5, 5.41) is 0. The van der Waals surface area contributed by atoms with Crippen molar-refractivity contribution in [2.45, 2.75) is 56.9 Å². The average Bonchev–Trinajstić information content (AvgIpc) is 3.01. The monoisotopic (exact) mass is 227 g/mol. The maximum absolute atomic E-state index is 13.6. The van der Waals surface area contributed by atoms with Gasteiger partial charge in [0.15, 0.2) is 0 Å². The van der Waals surface area contributed by atoms with E-state index in [9.17, 15) is 8.78 Å². The van der Waals surface area contributed by atoms with Crippen LogP contribution in [0.2, 0.25) is 0 Å². The van der Waals surface area contributed by atoms with Gasteiger partial charge in [0.25, 0.3) is 5.92 Å². The zero-order chi connectivity index (χ0) is 11.2. The van der Waals surface area contributed by atoms with E-state index in [4.69, 9.17) is 0 Å². The third kappa shape index (κ3) is 0.814. The maximum Gasteiger partial charge on any atom is 0.255 e. The van der Waals surface area contributed by atoms with Crippen molar-refractivity contribution in [2.75, 3.05) is 13.1 Å². The van der Waals surface area contributed by atoms with Crippen LogP contribution in [0.1, 0.15) is 45.4 Å². The molecule has 0 aromatic rings. The summed E-state index contributed by atoms with van der Waals surface area (Å²) in [7, 11) is 0. The molecule has 0 amide bonds. The number of fused-ring (bicyclic) bond motifs is 2. The minimum absolute atomic E-state index is 0.160. The lowest BCUT2D eigenvalue weighted by molar-refractivity contribution is 0.0640. The van der Waals surface area contributed by atoms with Crippen molar-refractivity contribution in [1.29, 1.82) is 0 Å². The fourth-order valence-electron chi connectivity index (χ4n) is 4.98. The Morgan fingerprint density at radius 1 is 1.06 bits per heavy atom. The quantitative estimate of drug-likeness (QED) is 0.665.